The largest absolute Gasteiger partial charge is 0.517 e. The maximum Gasteiger partial charge on any atom is 0.517 e. The lowest BCUT2D eigenvalue weighted by Gasteiger charge is -2.38. The van der Waals surface area contributed by atoms with Crippen LogP contribution in [0, 0.1) is 3.57 Å². The van der Waals surface area contributed by atoms with Crippen molar-refractivity contribution in [2.75, 3.05) is 0 Å². The summed E-state index contributed by atoms with van der Waals surface area (Å²) in [6.07, 6.45) is -1.28. The lowest BCUT2D eigenvalue weighted by molar-refractivity contribution is 0.150. The molecule has 122 valence electrons. The van der Waals surface area contributed by atoms with Crippen LogP contribution in [0.15, 0.2) is 99.6 Å². The molecular weight excluding hydrogens is 435 g/mol. The van der Waals surface area contributed by atoms with E-state index in [0.717, 1.165) is 18.3 Å². The van der Waals surface area contributed by atoms with Gasteiger partial charge in [-0.15, -0.1) is 0 Å². The topological polar surface area (TPSA) is 46.5 Å². The zero-order valence-electron chi connectivity index (χ0n) is 12.6. The fourth-order valence-electron chi connectivity index (χ4n) is 2.51. The number of halogens is 1. The zero-order valence-corrected chi connectivity index (χ0v) is 15.6. The molecule has 3 aromatic rings. The average molecular weight is 450 g/mol. The van der Waals surface area contributed by atoms with Gasteiger partial charge in [-0.25, -0.2) is 4.79 Å². The summed E-state index contributed by atoms with van der Waals surface area (Å²) in [7, 11) is -2.35. The molecule has 3 aromatic carbocycles. The normalized spacial score (nSPS) is 11.7. The van der Waals surface area contributed by atoms with E-state index in [2.05, 4.69) is 22.6 Å². The molecule has 1 N–H and O–H groups in total. The SMILES string of the molecule is O=C(O)OS(c1ccccc1)(c1ccccc1)c1ccc(I)cc1. The molecule has 0 atom stereocenters. The molecule has 0 unspecified atom stereocenters. The molecule has 0 saturated carbocycles. The number of benzene rings is 3. The summed E-state index contributed by atoms with van der Waals surface area (Å²) in [5, 5.41) is 9.48. The standard InChI is InChI=1S/C19H15IO3S/c20-15-11-13-18(14-12-15)24(23-19(21)22,16-7-3-1-4-8-16)17-9-5-2-6-10-17/h1-14H,(H,21,22). The van der Waals surface area contributed by atoms with Crippen LogP contribution in [0.5, 0.6) is 0 Å². The van der Waals surface area contributed by atoms with Crippen molar-refractivity contribution in [3.8, 4) is 0 Å². The number of rotatable bonds is 4. The van der Waals surface area contributed by atoms with Gasteiger partial charge >= 0.3 is 6.16 Å². The molecule has 0 aromatic heterocycles. The Morgan fingerprint density at radius 3 is 1.58 bits per heavy atom. The van der Waals surface area contributed by atoms with Crippen LogP contribution in [0.4, 0.5) is 4.79 Å². The van der Waals surface area contributed by atoms with E-state index >= 15 is 0 Å². The second kappa shape index (κ2) is 7.27. The molecule has 0 fully saturated rings. The molecule has 5 heteroatoms. The van der Waals surface area contributed by atoms with Crippen molar-refractivity contribution in [1.82, 2.24) is 0 Å². The Balaban J connectivity index is 2.32. The first-order chi connectivity index (χ1) is 11.6. The molecule has 0 bridgehead atoms. The second-order valence-electron chi connectivity index (χ2n) is 4.99. The summed E-state index contributed by atoms with van der Waals surface area (Å²) in [5.74, 6) is 0. The van der Waals surface area contributed by atoms with E-state index in [4.69, 9.17) is 4.18 Å². The molecule has 0 saturated heterocycles. The summed E-state index contributed by atoms with van der Waals surface area (Å²) in [5.41, 5.74) is 0. The van der Waals surface area contributed by atoms with Gasteiger partial charge in [0.2, 0.25) is 0 Å². The molecule has 0 heterocycles. The summed E-state index contributed by atoms with van der Waals surface area (Å²) in [6, 6.07) is 26.9. The fourth-order valence-corrected chi connectivity index (χ4v) is 5.79. The molecule has 3 rings (SSSR count). The van der Waals surface area contributed by atoms with Crippen LogP contribution in [0.3, 0.4) is 0 Å². The first-order valence-electron chi connectivity index (χ1n) is 7.24. The second-order valence-corrected chi connectivity index (χ2v) is 8.92. The van der Waals surface area contributed by atoms with E-state index in [1.54, 1.807) is 0 Å². The van der Waals surface area contributed by atoms with Crippen LogP contribution in [-0.2, 0) is 4.18 Å². The van der Waals surface area contributed by atoms with Crippen molar-refractivity contribution in [2.45, 2.75) is 14.7 Å². The molecule has 0 radical (unpaired) electrons. The average Bonchev–Trinajstić information content (AvgIpc) is 2.62. The predicted octanol–water partition coefficient (Wildman–Crippen LogP) is 6.18. The monoisotopic (exact) mass is 450 g/mol. The smallest absolute Gasteiger partial charge is 0.449 e. The van der Waals surface area contributed by atoms with Gasteiger partial charge in [-0.2, -0.15) is 0 Å². The Kier molecular flexibility index (Phi) is 5.11. The van der Waals surface area contributed by atoms with E-state index in [1.165, 1.54) is 0 Å². The number of carbonyl (C=O) groups is 1. The van der Waals surface area contributed by atoms with Gasteiger partial charge in [0.25, 0.3) is 0 Å². The van der Waals surface area contributed by atoms with Gasteiger partial charge in [0.1, 0.15) is 0 Å². The van der Waals surface area contributed by atoms with Crippen LogP contribution in [0.25, 0.3) is 0 Å². The maximum absolute atomic E-state index is 11.6. The van der Waals surface area contributed by atoms with Gasteiger partial charge in [-0.1, -0.05) is 36.4 Å². The number of hydrogen-bond donors (Lipinski definition) is 1. The molecule has 0 aliphatic heterocycles. The zero-order chi connectivity index (χ0) is 17.0. The minimum Gasteiger partial charge on any atom is -0.449 e. The summed E-state index contributed by atoms with van der Waals surface area (Å²) >= 11 is 2.23. The van der Waals surface area contributed by atoms with Crippen molar-refractivity contribution in [2.24, 2.45) is 0 Å². The van der Waals surface area contributed by atoms with E-state index in [1.807, 2.05) is 84.9 Å². The highest BCUT2D eigenvalue weighted by molar-refractivity contribution is 14.1. The van der Waals surface area contributed by atoms with E-state index < -0.39 is 16.5 Å². The highest BCUT2D eigenvalue weighted by Crippen LogP contribution is 2.69. The summed E-state index contributed by atoms with van der Waals surface area (Å²) < 4.78 is 6.72. The van der Waals surface area contributed by atoms with Gasteiger partial charge in [-0.05, 0) is 81.4 Å². The lowest BCUT2D eigenvalue weighted by Crippen LogP contribution is -2.11. The maximum atomic E-state index is 11.6. The molecule has 0 spiro atoms. The van der Waals surface area contributed by atoms with Crippen LogP contribution in [-0.4, -0.2) is 11.3 Å². The van der Waals surface area contributed by atoms with Gasteiger partial charge in [0.05, 0.1) is 0 Å². The van der Waals surface area contributed by atoms with Gasteiger partial charge < -0.3 is 9.29 Å². The van der Waals surface area contributed by atoms with E-state index in [-0.39, 0.29) is 0 Å². The third kappa shape index (κ3) is 3.27. The third-order valence-electron chi connectivity index (χ3n) is 3.49. The highest BCUT2D eigenvalue weighted by atomic mass is 127. The number of hydrogen-bond acceptors (Lipinski definition) is 2. The highest BCUT2D eigenvalue weighted by Gasteiger charge is 2.35. The number of carboxylic acid groups (broad SMARTS) is 1. The van der Waals surface area contributed by atoms with Gasteiger partial charge in [0, 0.05) is 18.3 Å². The fraction of sp³-hybridized carbons (Fsp3) is 0. The summed E-state index contributed by atoms with van der Waals surface area (Å²) in [6.45, 7) is 0. The predicted molar refractivity (Wildman–Crippen MR) is 104 cm³/mol. The van der Waals surface area contributed by atoms with Crippen molar-refractivity contribution >= 4 is 39.1 Å². The van der Waals surface area contributed by atoms with Crippen LogP contribution >= 0.6 is 32.9 Å². The molecule has 0 aliphatic rings. The lowest BCUT2D eigenvalue weighted by atomic mass is 10.4. The van der Waals surface area contributed by atoms with Gasteiger partial charge in [-0.3, -0.25) is 0 Å². The molecule has 3 nitrogen and oxygen atoms in total. The Hall–Kier alpha value is -1.99. The minimum absolute atomic E-state index is 0.847. The Bertz CT molecular complexity index is 781. The first-order valence-corrected chi connectivity index (χ1v) is 9.88. The Labute approximate surface area is 156 Å². The van der Waals surface area contributed by atoms with Crippen LogP contribution in [0.2, 0.25) is 0 Å². The van der Waals surface area contributed by atoms with Gasteiger partial charge in [0.15, 0.2) is 0 Å². The van der Waals surface area contributed by atoms with Crippen LogP contribution < -0.4 is 0 Å². The molecular formula is C19H15IO3S. The van der Waals surface area contributed by atoms with E-state index in [9.17, 15) is 9.90 Å². The Morgan fingerprint density at radius 1 is 0.750 bits per heavy atom. The molecule has 0 aliphatic carbocycles. The van der Waals surface area contributed by atoms with E-state index in [0.29, 0.717) is 0 Å². The quantitative estimate of drug-likeness (QED) is 0.483. The third-order valence-corrected chi connectivity index (χ3v) is 7.41. The molecule has 24 heavy (non-hydrogen) atoms. The summed E-state index contributed by atoms with van der Waals surface area (Å²) in [4.78, 5) is 14.1. The Morgan fingerprint density at radius 2 is 1.17 bits per heavy atom. The van der Waals surface area contributed by atoms with Crippen molar-refractivity contribution < 1.29 is 14.1 Å². The van der Waals surface area contributed by atoms with Crippen LogP contribution in [0.1, 0.15) is 0 Å². The first kappa shape index (κ1) is 16.9. The van der Waals surface area contributed by atoms with Crippen molar-refractivity contribution in [3.63, 3.8) is 0 Å². The van der Waals surface area contributed by atoms with Crippen molar-refractivity contribution in [1.29, 1.82) is 0 Å². The molecule has 0 amide bonds. The minimum atomic E-state index is -2.35. The van der Waals surface area contributed by atoms with Crippen molar-refractivity contribution in [3.05, 3.63) is 88.5 Å².